The van der Waals surface area contributed by atoms with Gasteiger partial charge in [-0.15, -0.1) is 0 Å². The van der Waals surface area contributed by atoms with Gasteiger partial charge in [-0.3, -0.25) is 24.2 Å². The summed E-state index contributed by atoms with van der Waals surface area (Å²) < 4.78 is 62.5. The summed E-state index contributed by atoms with van der Waals surface area (Å²) in [6.07, 6.45) is 0.729. The Labute approximate surface area is 224 Å². The van der Waals surface area contributed by atoms with Crippen molar-refractivity contribution in [3.63, 3.8) is 0 Å². The van der Waals surface area contributed by atoms with E-state index in [1.165, 1.54) is 6.07 Å². The highest BCUT2D eigenvalue weighted by atomic mass is 19.4. The van der Waals surface area contributed by atoms with E-state index in [1.807, 2.05) is 6.07 Å². The summed E-state index contributed by atoms with van der Waals surface area (Å²) in [5, 5.41) is 6.76. The van der Waals surface area contributed by atoms with E-state index in [2.05, 4.69) is 15.4 Å². The maximum atomic E-state index is 13.9. The number of nitrogens with one attached hydrogen (secondary N) is 1. The van der Waals surface area contributed by atoms with Crippen LogP contribution in [0.2, 0.25) is 0 Å². The fourth-order valence-electron chi connectivity index (χ4n) is 5.48. The highest BCUT2D eigenvalue weighted by molar-refractivity contribution is 6.09. The Morgan fingerprint density at radius 2 is 1.98 bits per heavy atom. The second-order valence-corrected chi connectivity index (χ2v) is 10.0. The number of pyridine rings is 1. The van der Waals surface area contributed by atoms with Crippen molar-refractivity contribution in [1.82, 2.24) is 29.9 Å². The minimum Gasteiger partial charge on any atom is -0.491 e. The number of carbonyl (C=O) groups is 3. The van der Waals surface area contributed by atoms with Gasteiger partial charge in [0.15, 0.2) is 11.6 Å². The minimum atomic E-state index is -4.88. The zero-order chi connectivity index (χ0) is 28.4. The molecule has 6 rings (SSSR count). The molecule has 10 nitrogen and oxygen atoms in total. The van der Waals surface area contributed by atoms with E-state index in [9.17, 15) is 31.9 Å². The van der Waals surface area contributed by atoms with Crippen molar-refractivity contribution in [2.45, 2.75) is 37.1 Å². The fourth-order valence-corrected chi connectivity index (χ4v) is 5.48. The molecule has 0 bridgehead atoms. The molecule has 1 fully saturated rings. The molecule has 0 radical (unpaired) electrons. The van der Waals surface area contributed by atoms with Crippen molar-refractivity contribution in [3.8, 4) is 16.9 Å². The lowest BCUT2D eigenvalue weighted by molar-refractivity contribution is -0.195. The van der Waals surface area contributed by atoms with Crippen LogP contribution in [-0.4, -0.2) is 67.8 Å². The third-order valence-electron chi connectivity index (χ3n) is 7.48. The highest BCUT2D eigenvalue weighted by Crippen LogP contribution is 2.41. The molecule has 3 aromatic rings. The van der Waals surface area contributed by atoms with Crippen LogP contribution in [0.3, 0.4) is 0 Å². The van der Waals surface area contributed by atoms with Crippen molar-refractivity contribution in [2.75, 3.05) is 13.2 Å². The lowest BCUT2D eigenvalue weighted by Gasteiger charge is -2.31. The number of urea groups is 1. The van der Waals surface area contributed by atoms with Crippen molar-refractivity contribution >= 4 is 17.8 Å². The lowest BCUT2D eigenvalue weighted by Crippen LogP contribution is -2.53. The van der Waals surface area contributed by atoms with Crippen LogP contribution in [0.4, 0.5) is 22.4 Å². The van der Waals surface area contributed by atoms with Crippen LogP contribution in [-0.2, 0) is 35.1 Å². The number of aryl methyl sites for hydroxylation is 2. The van der Waals surface area contributed by atoms with Gasteiger partial charge in [-0.25, -0.2) is 9.18 Å². The smallest absolute Gasteiger partial charge is 0.412 e. The predicted octanol–water partition coefficient (Wildman–Crippen LogP) is 2.67. The number of fused-ring (bicyclic) bond motifs is 3. The maximum absolute atomic E-state index is 13.9. The number of nitrogens with zero attached hydrogens (tertiary/aromatic N) is 5. The molecular weight excluding hydrogens is 536 g/mol. The molecule has 2 atom stereocenters. The molecule has 1 N–H and O–H groups in total. The third-order valence-corrected chi connectivity index (χ3v) is 7.48. The highest BCUT2D eigenvalue weighted by Gasteiger charge is 2.57. The van der Waals surface area contributed by atoms with E-state index in [0.717, 1.165) is 28.8 Å². The number of amides is 4. The van der Waals surface area contributed by atoms with Gasteiger partial charge < -0.3 is 15.0 Å². The van der Waals surface area contributed by atoms with Crippen LogP contribution in [0.25, 0.3) is 11.1 Å². The van der Waals surface area contributed by atoms with Crippen LogP contribution in [0.15, 0.2) is 42.9 Å². The van der Waals surface area contributed by atoms with Crippen molar-refractivity contribution in [1.29, 1.82) is 0 Å². The largest absolute Gasteiger partial charge is 0.491 e. The first-order valence-corrected chi connectivity index (χ1v) is 12.4. The summed E-state index contributed by atoms with van der Waals surface area (Å²) in [6, 6.07) is 1.78. The molecule has 1 saturated heterocycles. The van der Waals surface area contributed by atoms with Gasteiger partial charge >= 0.3 is 12.2 Å². The standard InChI is InChI=1S/C26H22F4N6O4/c1-34-10-17(9-32-34)15-6-14-4-5-25(22(14)31-8-15)23(38)36(24(39)33-25)12-21(37)35-11-16-7-18(27)2-3-19(16)40-13-20(35)26(28,29)30/h2-3,6-10,20H,4-5,11-13H2,1H3,(H,33,39)/t20-,25-/m0/s1. The molecule has 1 aromatic carbocycles. The molecule has 40 heavy (non-hydrogen) atoms. The molecule has 2 aromatic heterocycles. The van der Waals surface area contributed by atoms with Gasteiger partial charge in [0.25, 0.3) is 5.91 Å². The fraction of sp³-hybridized carbons (Fsp3) is 0.346. The number of hydrogen-bond acceptors (Lipinski definition) is 6. The molecule has 4 amide bonds. The van der Waals surface area contributed by atoms with E-state index in [1.54, 1.807) is 30.3 Å². The number of hydrogen-bond donors (Lipinski definition) is 1. The van der Waals surface area contributed by atoms with Crippen molar-refractivity contribution < 1.29 is 36.7 Å². The van der Waals surface area contributed by atoms with E-state index in [4.69, 9.17) is 4.74 Å². The Hall–Kier alpha value is -4.49. The topological polar surface area (TPSA) is 110 Å². The third kappa shape index (κ3) is 4.14. The van der Waals surface area contributed by atoms with Crippen LogP contribution in [0, 0.1) is 5.82 Å². The first kappa shape index (κ1) is 25.8. The molecule has 4 heterocycles. The number of ether oxygens (including phenoxy) is 1. The lowest BCUT2D eigenvalue weighted by atomic mass is 9.96. The number of rotatable bonds is 3. The molecule has 0 unspecified atom stereocenters. The van der Waals surface area contributed by atoms with Crippen molar-refractivity contribution in [3.05, 3.63) is 65.5 Å². The average molecular weight is 558 g/mol. The minimum absolute atomic E-state index is 0.0131. The van der Waals surface area contributed by atoms with E-state index in [-0.39, 0.29) is 17.7 Å². The maximum Gasteiger partial charge on any atom is 0.412 e. The molecule has 2 aliphatic heterocycles. The zero-order valence-corrected chi connectivity index (χ0v) is 21.0. The summed E-state index contributed by atoms with van der Waals surface area (Å²) >= 11 is 0. The molecule has 1 aliphatic carbocycles. The quantitative estimate of drug-likeness (QED) is 0.391. The normalized spacial score (nSPS) is 22.2. The summed E-state index contributed by atoms with van der Waals surface area (Å²) in [4.78, 5) is 45.4. The molecule has 0 saturated carbocycles. The van der Waals surface area contributed by atoms with Gasteiger partial charge in [0.2, 0.25) is 5.91 Å². The Morgan fingerprint density at radius 1 is 1.18 bits per heavy atom. The predicted molar refractivity (Wildman–Crippen MR) is 129 cm³/mol. The van der Waals surface area contributed by atoms with Gasteiger partial charge in [-0.05, 0) is 42.7 Å². The monoisotopic (exact) mass is 558 g/mol. The Kier molecular flexibility index (Phi) is 5.82. The number of aromatic nitrogens is 3. The molecule has 14 heteroatoms. The first-order chi connectivity index (χ1) is 19.0. The average Bonchev–Trinajstić information content (AvgIpc) is 3.51. The van der Waals surface area contributed by atoms with Gasteiger partial charge in [0.05, 0.1) is 18.4 Å². The van der Waals surface area contributed by atoms with E-state index in [0.29, 0.717) is 21.9 Å². The zero-order valence-electron chi connectivity index (χ0n) is 21.0. The number of imide groups is 1. The SMILES string of the molecule is Cn1cc(-c2cnc3c(c2)CC[C@]32NC(=O)N(CC(=O)N3Cc4cc(F)ccc4OC[C@H]3C(F)(F)F)C2=O)cn1. The Morgan fingerprint density at radius 3 is 2.70 bits per heavy atom. The summed E-state index contributed by atoms with van der Waals surface area (Å²) in [5.41, 5.74) is 1.15. The van der Waals surface area contributed by atoms with Gasteiger partial charge in [0.1, 0.15) is 24.7 Å². The number of benzene rings is 1. The van der Waals surface area contributed by atoms with Crippen molar-refractivity contribution in [2.24, 2.45) is 7.05 Å². The molecule has 1 spiro atoms. The summed E-state index contributed by atoms with van der Waals surface area (Å²) in [5.74, 6) is -2.61. The molecule has 208 valence electrons. The van der Waals surface area contributed by atoms with Crippen LogP contribution in [0.5, 0.6) is 5.75 Å². The van der Waals surface area contributed by atoms with Crippen LogP contribution < -0.4 is 10.1 Å². The summed E-state index contributed by atoms with van der Waals surface area (Å²) in [7, 11) is 1.77. The van der Waals surface area contributed by atoms with Gasteiger partial charge in [0, 0.05) is 36.1 Å². The van der Waals surface area contributed by atoms with Crippen LogP contribution in [0.1, 0.15) is 23.2 Å². The molecular formula is C26H22F4N6O4. The van der Waals surface area contributed by atoms with Crippen LogP contribution >= 0.6 is 0 Å². The first-order valence-electron chi connectivity index (χ1n) is 12.4. The second kappa shape index (κ2) is 9.03. The number of carbonyl (C=O) groups excluding carboxylic acids is 3. The van der Waals surface area contributed by atoms with E-state index >= 15 is 0 Å². The number of alkyl halides is 3. The van der Waals surface area contributed by atoms with E-state index < -0.39 is 61.1 Å². The molecule has 3 aliphatic rings. The summed E-state index contributed by atoms with van der Waals surface area (Å²) in [6.45, 7) is -2.48. The number of halogens is 4. The Bertz CT molecular complexity index is 1560. The van der Waals surface area contributed by atoms with Gasteiger partial charge in [-0.2, -0.15) is 18.3 Å². The Balaban J connectivity index is 1.26. The second-order valence-electron chi connectivity index (χ2n) is 10.0. The van der Waals surface area contributed by atoms with Gasteiger partial charge in [-0.1, -0.05) is 0 Å².